The minimum atomic E-state index is -3.68. The molecule has 1 fully saturated rings. The minimum Gasteiger partial charge on any atom is -0.495 e. The average Bonchev–Trinajstić information content (AvgIpc) is 3.29. The summed E-state index contributed by atoms with van der Waals surface area (Å²) in [5, 5.41) is 5.43. The van der Waals surface area contributed by atoms with Crippen molar-refractivity contribution in [1.29, 1.82) is 0 Å². The summed E-state index contributed by atoms with van der Waals surface area (Å²) in [5.41, 5.74) is 2.46. The zero-order valence-electron chi connectivity index (χ0n) is 19.7. The van der Waals surface area contributed by atoms with Gasteiger partial charge in [0.25, 0.3) is 5.56 Å². The number of ether oxygens (including phenoxy) is 1. The summed E-state index contributed by atoms with van der Waals surface area (Å²) in [7, 11) is -2.20. The maximum Gasteiger partial charge on any atom is 0.275 e. The van der Waals surface area contributed by atoms with Crippen molar-refractivity contribution in [1.82, 2.24) is 23.8 Å². The van der Waals surface area contributed by atoms with E-state index in [2.05, 4.69) is 15.0 Å². The second kappa shape index (κ2) is 9.91. The van der Waals surface area contributed by atoms with Crippen LogP contribution in [0.1, 0.15) is 11.3 Å². The predicted molar refractivity (Wildman–Crippen MR) is 139 cm³/mol. The van der Waals surface area contributed by atoms with Crippen molar-refractivity contribution < 1.29 is 13.2 Å². The number of piperazine rings is 1. The lowest BCUT2D eigenvalue weighted by Gasteiger charge is -2.33. The van der Waals surface area contributed by atoms with E-state index in [1.54, 1.807) is 6.07 Å². The highest BCUT2D eigenvalue weighted by Crippen LogP contribution is 2.29. The van der Waals surface area contributed by atoms with Crippen molar-refractivity contribution >= 4 is 37.9 Å². The standard InChI is InChI=1S/C24H24ClN5O4S2/c1-16-4-3-5-17(12-16)23-27-30-22(31)13-18(26-24(30)35-23)15-28-8-10-29(11-9-28)36(32,33)19-6-7-21(34-2)20(25)14-19/h3-7,12-14H,8-11,15H2,1-2H3. The summed E-state index contributed by atoms with van der Waals surface area (Å²) in [5.74, 6) is 0.424. The molecule has 0 N–H and O–H groups in total. The largest absolute Gasteiger partial charge is 0.495 e. The predicted octanol–water partition coefficient (Wildman–Crippen LogP) is 3.29. The van der Waals surface area contributed by atoms with Crippen LogP contribution in [-0.2, 0) is 16.6 Å². The first-order chi connectivity index (χ1) is 17.2. The molecule has 1 aliphatic heterocycles. The third-order valence-electron chi connectivity index (χ3n) is 6.04. The molecule has 2 aromatic heterocycles. The number of aryl methyl sites for hydroxylation is 1. The van der Waals surface area contributed by atoms with Gasteiger partial charge in [-0.3, -0.25) is 9.69 Å². The summed E-state index contributed by atoms with van der Waals surface area (Å²) < 4.78 is 34.1. The van der Waals surface area contributed by atoms with E-state index in [-0.39, 0.29) is 15.5 Å². The summed E-state index contributed by atoms with van der Waals surface area (Å²) in [6.07, 6.45) is 0. The Kier molecular flexibility index (Phi) is 6.84. The van der Waals surface area contributed by atoms with Gasteiger partial charge in [-0.25, -0.2) is 13.4 Å². The number of halogens is 1. The Morgan fingerprint density at radius 2 is 1.86 bits per heavy atom. The first-order valence-electron chi connectivity index (χ1n) is 11.3. The van der Waals surface area contributed by atoms with Crippen molar-refractivity contribution in [3.05, 3.63) is 75.2 Å². The Morgan fingerprint density at radius 1 is 1.08 bits per heavy atom. The van der Waals surface area contributed by atoms with Crippen LogP contribution in [0.3, 0.4) is 0 Å². The highest BCUT2D eigenvalue weighted by molar-refractivity contribution is 7.89. The minimum absolute atomic E-state index is 0.136. The third-order valence-corrected chi connectivity index (χ3v) is 9.19. The molecule has 1 aliphatic rings. The van der Waals surface area contributed by atoms with E-state index in [1.165, 1.54) is 45.5 Å². The summed E-state index contributed by atoms with van der Waals surface area (Å²) in [6, 6.07) is 13.9. The number of nitrogens with zero attached hydrogens (tertiary/aromatic N) is 5. The molecule has 0 bridgehead atoms. The SMILES string of the molecule is COc1ccc(S(=O)(=O)N2CCN(Cc3cc(=O)n4nc(-c5cccc(C)c5)sc4n3)CC2)cc1Cl. The van der Waals surface area contributed by atoms with Crippen LogP contribution in [-0.4, -0.2) is 65.5 Å². The first kappa shape index (κ1) is 24.8. The van der Waals surface area contributed by atoms with Gasteiger partial charge in [0.1, 0.15) is 10.8 Å². The average molecular weight is 546 g/mol. The van der Waals surface area contributed by atoms with E-state index in [0.29, 0.717) is 49.1 Å². The lowest BCUT2D eigenvalue weighted by Crippen LogP contribution is -2.48. The molecule has 0 unspecified atom stereocenters. The van der Waals surface area contributed by atoms with E-state index < -0.39 is 10.0 Å². The maximum atomic E-state index is 13.1. The zero-order chi connectivity index (χ0) is 25.4. The number of aromatic nitrogens is 3. The molecule has 0 aliphatic carbocycles. The second-order valence-corrected chi connectivity index (χ2v) is 11.8. The molecule has 4 aromatic rings. The van der Waals surface area contributed by atoms with Gasteiger partial charge in [0.15, 0.2) is 0 Å². The number of methoxy groups -OCH3 is 1. The molecule has 36 heavy (non-hydrogen) atoms. The number of hydrogen-bond donors (Lipinski definition) is 0. The van der Waals surface area contributed by atoms with Gasteiger partial charge in [0, 0.05) is 44.4 Å². The quantitative estimate of drug-likeness (QED) is 0.367. The second-order valence-electron chi connectivity index (χ2n) is 8.53. The van der Waals surface area contributed by atoms with Crippen molar-refractivity contribution in [3.63, 3.8) is 0 Å². The molecule has 0 atom stereocenters. The van der Waals surface area contributed by atoms with Crippen LogP contribution in [0.5, 0.6) is 5.75 Å². The van der Waals surface area contributed by atoms with Crippen molar-refractivity contribution in [3.8, 4) is 16.3 Å². The third kappa shape index (κ3) is 4.89. The maximum absolute atomic E-state index is 13.1. The van der Waals surface area contributed by atoms with Gasteiger partial charge in [-0.05, 0) is 31.2 Å². The molecule has 1 saturated heterocycles. The van der Waals surface area contributed by atoms with Gasteiger partial charge in [-0.1, -0.05) is 46.7 Å². The summed E-state index contributed by atoms with van der Waals surface area (Å²) >= 11 is 7.50. The molecule has 3 heterocycles. The molecule has 9 nitrogen and oxygen atoms in total. The van der Waals surface area contributed by atoms with Crippen LogP contribution < -0.4 is 10.3 Å². The monoisotopic (exact) mass is 545 g/mol. The highest BCUT2D eigenvalue weighted by atomic mass is 35.5. The van der Waals surface area contributed by atoms with Gasteiger partial charge in [-0.2, -0.15) is 13.9 Å². The number of fused-ring (bicyclic) bond motifs is 1. The molecule has 12 heteroatoms. The van der Waals surface area contributed by atoms with Crippen LogP contribution in [0, 0.1) is 6.92 Å². The molecule has 0 radical (unpaired) electrons. The number of sulfonamides is 1. The van der Waals surface area contributed by atoms with E-state index in [1.807, 2.05) is 31.2 Å². The lowest BCUT2D eigenvalue weighted by atomic mass is 10.1. The van der Waals surface area contributed by atoms with Crippen molar-refractivity contribution in [2.45, 2.75) is 18.4 Å². The van der Waals surface area contributed by atoms with Gasteiger partial charge < -0.3 is 4.74 Å². The Labute approximate surface area is 217 Å². The molecule has 0 spiro atoms. The number of rotatable bonds is 6. The fourth-order valence-electron chi connectivity index (χ4n) is 4.15. The van der Waals surface area contributed by atoms with Gasteiger partial charge in [0.2, 0.25) is 15.0 Å². The lowest BCUT2D eigenvalue weighted by molar-refractivity contribution is 0.180. The van der Waals surface area contributed by atoms with E-state index in [4.69, 9.17) is 16.3 Å². The van der Waals surface area contributed by atoms with Crippen LogP contribution in [0.25, 0.3) is 15.5 Å². The number of benzene rings is 2. The van der Waals surface area contributed by atoms with Crippen molar-refractivity contribution in [2.24, 2.45) is 0 Å². The molecule has 188 valence electrons. The first-order valence-corrected chi connectivity index (χ1v) is 13.9. The van der Waals surface area contributed by atoms with E-state index in [9.17, 15) is 13.2 Å². The molecular formula is C24H24ClN5O4S2. The Hall–Kier alpha value is -2.83. The highest BCUT2D eigenvalue weighted by Gasteiger charge is 2.29. The molecule has 2 aromatic carbocycles. The van der Waals surface area contributed by atoms with Crippen LogP contribution >= 0.6 is 22.9 Å². The molecular weight excluding hydrogens is 522 g/mol. The summed E-state index contributed by atoms with van der Waals surface area (Å²) in [6.45, 7) is 4.14. The Bertz CT molecular complexity index is 1590. The zero-order valence-corrected chi connectivity index (χ0v) is 22.1. The van der Waals surface area contributed by atoms with Crippen LogP contribution in [0.4, 0.5) is 0 Å². The van der Waals surface area contributed by atoms with Crippen LogP contribution in [0.2, 0.25) is 5.02 Å². The molecule has 0 amide bonds. The van der Waals surface area contributed by atoms with Crippen LogP contribution in [0.15, 0.2) is 58.2 Å². The number of hydrogen-bond acceptors (Lipinski definition) is 8. The van der Waals surface area contributed by atoms with Gasteiger partial charge in [-0.15, -0.1) is 0 Å². The fourth-order valence-corrected chi connectivity index (χ4v) is 6.84. The molecule has 5 rings (SSSR count). The molecule has 0 saturated carbocycles. The van der Waals surface area contributed by atoms with Gasteiger partial charge in [0.05, 0.1) is 22.7 Å². The summed E-state index contributed by atoms with van der Waals surface area (Å²) in [4.78, 5) is 20.1. The topological polar surface area (TPSA) is 97.1 Å². The Morgan fingerprint density at radius 3 is 2.56 bits per heavy atom. The fraction of sp³-hybridized carbons (Fsp3) is 0.292. The van der Waals surface area contributed by atoms with Gasteiger partial charge >= 0.3 is 0 Å². The Balaban J connectivity index is 1.29. The van der Waals surface area contributed by atoms with Crippen molar-refractivity contribution in [2.75, 3.05) is 33.3 Å². The smallest absolute Gasteiger partial charge is 0.275 e. The van der Waals surface area contributed by atoms with E-state index >= 15 is 0 Å². The van der Waals surface area contributed by atoms with E-state index in [0.717, 1.165) is 16.1 Å². The normalized spacial score (nSPS) is 15.4.